The Morgan fingerprint density at radius 1 is 1.46 bits per heavy atom. The second kappa shape index (κ2) is 6.77. The molecule has 1 amide bonds. The Bertz CT molecular complexity index is 688. The number of hydrogen-bond donors (Lipinski definition) is 2. The van der Waals surface area contributed by atoms with Gasteiger partial charge in [-0.2, -0.15) is 5.26 Å². The van der Waals surface area contributed by atoms with Gasteiger partial charge in [0.2, 0.25) is 0 Å². The van der Waals surface area contributed by atoms with Crippen molar-refractivity contribution in [2.45, 2.75) is 19.0 Å². The van der Waals surface area contributed by atoms with Crippen molar-refractivity contribution >= 4 is 23.5 Å². The van der Waals surface area contributed by atoms with Crippen LogP contribution in [0.4, 0.5) is 0 Å². The van der Waals surface area contributed by atoms with Crippen LogP contribution in [0.25, 0.3) is 0 Å². The standard InChI is InChI=1S/C16H17ClN4O3/c1-2-24-16(23)13-12(9-3-5-10(17)6-4-9)11(7-18)15(22)21-14(13)19-8-20-21/h3-6,11-14,19-20H,2,8H2,1H3. The van der Waals surface area contributed by atoms with E-state index in [2.05, 4.69) is 16.8 Å². The summed E-state index contributed by atoms with van der Waals surface area (Å²) in [6, 6.07) is 8.92. The first-order chi connectivity index (χ1) is 11.6. The topological polar surface area (TPSA) is 94.5 Å². The molecule has 8 heteroatoms. The van der Waals surface area contributed by atoms with Crippen LogP contribution in [0.15, 0.2) is 24.3 Å². The van der Waals surface area contributed by atoms with Crippen molar-refractivity contribution < 1.29 is 14.3 Å². The average molecular weight is 349 g/mol. The van der Waals surface area contributed by atoms with E-state index in [0.717, 1.165) is 0 Å². The normalized spacial score (nSPS) is 29.0. The predicted molar refractivity (Wildman–Crippen MR) is 85.2 cm³/mol. The maximum atomic E-state index is 12.6. The number of nitrogens with one attached hydrogen (secondary N) is 2. The molecule has 2 aliphatic rings. The predicted octanol–water partition coefficient (Wildman–Crippen LogP) is 0.976. The number of carbonyl (C=O) groups excluding carboxylic acids is 2. The smallest absolute Gasteiger partial charge is 0.313 e. The SMILES string of the molecule is CCOC(=O)C1C(c2ccc(Cl)cc2)C(C#N)C(=O)N2NCNC12. The van der Waals surface area contributed by atoms with Gasteiger partial charge in [0.25, 0.3) is 5.91 Å². The first-order valence-electron chi connectivity index (χ1n) is 7.70. The minimum Gasteiger partial charge on any atom is -0.466 e. The highest BCUT2D eigenvalue weighted by Gasteiger charge is 2.54. The molecule has 4 atom stereocenters. The molecule has 2 aliphatic heterocycles. The number of benzene rings is 1. The van der Waals surface area contributed by atoms with Crippen molar-refractivity contribution in [1.29, 1.82) is 5.26 Å². The molecule has 4 unspecified atom stereocenters. The van der Waals surface area contributed by atoms with E-state index in [1.165, 1.54) is 5.01 Å². The van der Waals surface area contributed by atoms with Gasteiger partial charge in [0.05, 0.1) is 19.3 Å². The third kappa shape index (κ3) is 2.73. The number of hydrogen-bond acceptors (Lipinski definition) is 6. The van der Waals surface area contributed by atoms with Gasteiger partial charge < -0.3 is 4.74 Å². The molecule has 7 nitrogen and oxygen atoms in total. The Morgan fingerprint density at radius 2 is 2.17 bits per heavy atom. The van der Waals surface area contributed by atoms with Crippen molar-refractivity contribution in [3.8, 4) is 6.07 Å². The second-order valence-corrected chi connectivity index (χ2v) is 6.09. The lowest BCUT2D eigenvalue weighted by Gasteiger charge is -2.41. The van der Waals surface area contributed by atoms with E-state index in [-0.39, 0.29) is 12.5 Å². The Morgan fingerprint density at radius 3 is 2.79 bits per heavy atom. The molecular formula is C16H17ClN4O3. The van der Waals surface area contributed by atoms with Crippen LogP contribution in [0.2, 0.25) is 5.02 Å². The summed E-state index contributed by atoms with van der Waals surface area (Å²) in [5, 5.41) is 14.5. The number of fused-ring (bicyclic) bond motifs is 1. The van der Waals surface area contributed by atoms with Gasteiger partial charge >= 0.3 is 5.97 Å². The fourth-order valence-corrected chi connectivity index (χ4v) is 3.50. The summed E-state index contributed by atoms with van der Waals surface area (Å²) in [6.45, 7) is 2.30. The number of rotatable bonds is 3. The fourth-order valence-electron chi connectivity index (χ4n) is 3.37. The lowest BCUT2D eigenvalue weighted by Crippen LogP contribution is -2.60. The van der Waals surface area contributed by atoms with Crippen LogP contribution in [0, 0.1) is 23.2 Å². The van der Waals surface area contributed by atoms with E-state index in [0.29, 0.717) is 17.3 Å². The number of hydrazine groups is 1. The number of ether oxygens (including phenoxy) is 1. The van der Waals surface area contributed by atoms with E-state index < -0.39 is 29.9 Å². The molecule has 0 bridgehead atoms. The average Bonchev–Trinajstić information content (AvgIpc) is 3.05. The van der Waals surface area contributed by atoms with Gasteiger partial charge in [-0.25, -0.2) is 5.43 Å². The zero-order valence-electron chi connectivity index (χ0n) is 13.0. The largest absolute Gasteiger partial charge is 0.466 e. The molecule has 126 valence electrons. The Hall–Kier alpha value is -2.14. The lowest BCUT2D eigenvalue weighted by molar-refractivity contribution is -0.160. The van der Waals surface area contributed by atoms with Crippen molar-refractivity contribution in [1.82, 2.24) is 15.8 Å². The number of halogens is 1. The maximum Gasteiger partial charge on any atom is 0.313 e. The molecule has 0 aliphatic carbocycles. The van der Waals surface area contributed by atoms with Crippen LogP contribution in [-0.2, 0) is 14.3 Å². The number of piperidine rings is 1. The van der Waals surface area contributed by atoms with Crippen molar-refractivity contribution in [3.63, 3.8) is 0 Å². The molecule has 0 radical (unpaired) electrons. The lowest BCUT2D eigenvalue weighted by atomic mass is 9.72. The molecule has 0 spiro atoms. The highest BCUT2D eigenvalue weighted by Crippen LogP contribution is 2.41. The third-order valence-corrected chi connectivity index (χ3v) is 4.63. The molecule has 1 aromatic rings. The number of amides is 1. The van der Waals surface area contributed by atoms with Crippen LogP contribution in [0.5, 0.6) is 0 Å². The van der Waals surface area contributed by atoms with Crippen molar-refractivity contribution in [2.75, 3.05) is 13.3 Å². The van der Waals surface area contributed by atoms with Crippen LogP contribution in [0.3, 0.4) is 0 Å². The van der Waals surface area contributed by atoms with Gasteiger partial charge in [-0.1, -0.05) is 23.7 Å². The van der Waals surface area contributed by atoms with Gasteiger partial charge in [0, 0.05) is 10.9 Å². The van der Waals surface area contributed by atoms with E-state index >= 15 is 0 Å². The number of esters is 1. The summed E-state index contributed by atoms with van der Waals surface area (Å²) in [7, 11) is 0. The summed E-state index contributed by atoms with van der Waals surface area (Å²) in [5.74, 6) is -3.07. The highest BCUT2D eigenvalue weighted by molar-refractivity contribution is 6.30. The number of carbonyl (C=O) groups is 2. The minimum atomic E-state index is -0.982. The molecule has 3 rings (SSSR count). The Balaban J connectivity index is 2.07. The van der Waals surface area contributed by atoms with E-state index in [1.807, 2.05) is 0 Å². The first kappa shape index (κ1) is 16.7. The molecule has 0 saturated carbocycles. The van der Waals surface area contributed by atoms with Gasteiger partial charge in [-0.3, -0.25) is 19.9 Å². The van der Waals surface area contributed by atoms with Crippen molar-refractivity contribution in [3.05, 3.63) is 34.9 Å². The zero-order valence-corrected chi connectivity index (χ0v) is 13.8. The quantitative estimate of drug-likeness (QED) is 0.791. The van der Waals surface area contributed by atoms with E-state index in [1.54, 1.807) is 31.2 Å². The summed E-state index contributed by atoms with van der Waals surface area (Å²) in [4.78, 5) is 25.2. The molecule has 24 heavy (non-hydrogen) atoms. The van der Waals surface area contributed by atoms with E-state index in [4.69, 9.17) is 16.3 Å². The molecule has 2 N–H and O–H groups in total. The van der Waals surface area contributed by atoms with E-state index in [9.17, 15) is 14.9 Å². The summed E-state index contributed by atoms with van der Waals surface area (Å²) in [6.07, 6.45) is -0.554. The second-order valence-electron chi connectivity index (χ2n) is 5.65. The van der Waals surface area contributed by atoms with Gasteiger partial charge in [0.1, 0.15) is 18.0 Å². The number of nitriles is 1. The fraction of sp³-hybridized carbons (Fsp3) is 0.438. The Labute approximate surface area is 144 Å². The molecule has 2 fully saturated rings. The zero-order chi connectivity index (χ0) is 17.3. The summed E-state index contributed by atoms with van der Waals surface area (Å²) < 4.78 is 5.21. The summed E-state index contributed by atoms with van der Waals surface area (Å²) in [5.41, 5.74) is 3.59. The molecular weight excluding hydrogens is 332 g/mol. The Kier molecular flexibility index (Phi) is 4.71. The maximum absolute atomic E-state index is 12.6. The van der Waals surface area contributed by atoms with Crippen LogP contribution in [0.1, 0.15) is 18.4 Å². The van der Waals surface area contributed by atoms with Crippen LogP contribution in [-0.4, -0.2) is 36.3 Å². The minimum absolute atomic E-state index is 0.230. The molecule has 2 heterocycles. The van der Waals surface area contributed by atoms with Crippen molar-refractivity contribution in [2.24, 2.45) is 11.8 Å². The highest BCUT2D eigenvalue weighted by atomic mass is 35.5. The molecule has 2 saturated heterocycles. The summed E-state index contributed by atoms with van der Waals surface area (Å²) >= 11 is 5.93. The van der Waals surface area contributed by atoms with Crippen LogP contribution < -0.4 is 10.7 Å². The van der Waals surface area contributed by atoms with Crippen LogP contribution >= 0.6 is 11.6 Å². The first-order valence-corrected chi connectivity index (χ1v) is 8.08. The third-order valence-electron chi connectivity index (χ3n) is 4.38. The monoisotopic (exact) mass is 348 g/mol. The molecule has 1 aromatic carbocycles. The van der Waals surface area contributed by atoms with Gasteiger partial charge in [-0.15, -0.1) is 0 Å². The molecule has 0 aromatic heterocycles. The number of nitrogens with zero attached hydrogens (tertiary/aromatic N) is 2. The van der Waals surface area contributed by atoms with Gasteiger partial charge in [0.15, 0.2) is 0 Å². The van der Waals surface area contributed by atoms with Gasteiger partial charge in [-0.05, 0) is 24.6 Å².